The van der Waals surface area contributed by atoms with Crippen LogP contribution in [0.4, 0.5) is 0 Å². The Morgan fingerprint density at radius 1 is 0.808 bits per heavy atom. The normalized spacial score (nSPS) is 12.4. The van der Waals surface area contributed by atoms with Crippen LogP contribution in [0.1, 0.15) is 11.4 Å². The molecule has 0 heterocycles. The molecule has 3 aromatic rings. The number of hydrogen-bond acceptors (Lipinski definition) is 4. The van der Waals surface area contributed by atoms with E-state index in [0.29, 0.717) is 27.7 Å². The van der Waals surface area contributed by atoms with Gasteiger partial charge in [-0.1, -0.05) is 60.7 Å². The van der Waals surface area contributed by atoms with Gasteiger partial charge in [0.2, 0.25) is 0 Å². The molecule has 0 radical (unpaired) electrons. The van der Waals surface area contributed by atoms with Crippen molar-refractivity contribution in [1.82, 2.24) is 0 Å². The minimum absolute atomic E-state index is 0.433. The maximum atomic E-state index is 14.2. The summed E-state index contributed by atoms with van der Waals surface area (Å²) in [6.45, 7) is 0. The van der Waals surface area contributed by atoms with Crippen LogP contribution in [0.15, 0.2) is 78.9 Å². The van der Waals surface area contributed by atoms with E-state index in [2.05, 4.69) is 0 Å². The zero-order valence-corrected chi connectivity index (χ0v) is 15.6. The van der Waals surface area contributed by atoms with Crippen LogP contribution < -0.4 is 20.1 Å². The second-order valence-electron chi connectivity index (χ2n) is 5.81. The van der Waals surface area contributed by atoms with Gasteiger partial charge in [0.25, 0.3) is 0 Å². The smallest absolute Gasteiger partial charge is 0.174 e. The molecule has 1 N–H and O–H groups in total. The Balaban J connectivity index is 2.22. The van der Waals surface area contributed by atoms with Gasteiger partial charge in [0.15, 0.2) is 7.14 Å². The molecular weight excluding hydrogens is 347 g/mol. The Kier molecular flexibility index (Phi) is 5.46. The molecule has 1 atom stereocenters. The van der Waals surface area contributed by atoms with Crippen LogP contribution in [0.2, 0.25) is 0 Å². The molecule has 0 fully saturated rings. The molecule has 0 aliphatic rings. The summed E-state index contributed by atoms with van der Waals surface area (Å²) in [5.41, 5.74) is 0.433. The van der Waals surface area contributed by atoms with Crippen LogP contribution >= 0.6 is 7.14 Å². The first-order valence-electron chi connectivity index (χ1n) is 8.22. The molecule has 0 aliphatic heterocycles. The van der Waals surface area contributed by atoms with Gasteiger partial charge < -0.3 is 19.1 Å². The van der Waals surface area contributed by atoms with Gasteiger partial charge in [-0.05, 0) is 18.2 Å². The zero-order valence-electron chi connectivity index (χ0n) is 14.7. The molecule has 0 amide bonds. The van der Waals surface area contributed by atoms with E-state index < -0.39 is 13.0 Å². The molecule has 0 saturated carbocycles. The summed E-state index contributed by atoms with van der Waals surface area (Å²) < 4.78 is 24.9. The standard InChI is InChI=1S/C21H21O4P/c1-24-16-13-14-20(25-2)19(15-16)21(22)26(23,17-9-5-3-6-10-17)18-11-7-4-8-12-18/h3-15,21-22H,1-2H3/t21-/m1/s1. The van der Waals surface area contributed by atoms with Crippen molar-refractivity contribution in [3.05, 3.63) is 84.4 Å². The molecule has 3 rings (SSSR count). The molecule has 26 heavy (non-hydrogen) atoms. The second-order valence-corrected chi connectivity index (χ2v) is 8.65. The van der Waals surface area contributed by atoms with Crippen molar-refractivity contribution < 1.29 is 19.1 Å². The topological polar surface area (TPSA) is 55.8 Å². The van der Waals surface area contributed by atoms with E-state index in [4.69, 9.17) is 9.47 Å². The van der Waals surface area contributed by atoms with Gasteiger partial charge in [-0.25, -0.2) is 0 Å². The lowest BCUT2D eigenvalue weighted by molar-refractivity contribution is 0.249. The van der Waals surface area contributed by atoms with E-state index in [1.807, 2.05) is 36.4 Å². The predicted molar refractivity (Wildman–Crippen MR) is 104 cm³/mol. The lowest BCUT2D eigenvalue weighted by Crippen LogP contribution is -2.21. The third-order valence-electron chi connectivity index (χ3n) is 4.34. The lowest BCUT2D eigenvalue weighted by atomic mass is 10.2. The highest BCUT2D eigenvalue weighted by Crippen LogP contribution is 2.57. The molecule has 0 spiro atoms. The van der Waals surface area contributed by atoms with Gasteiger partial charge in [-0.15, -0.1) is 0 Å². The molecule has 3 aromatic carbocycles. The van der Waals surface area contributed by atoms with Crippen LogP contribution in [0.5, 0.6) is 11.5 Å². The second kappa shape index (κ2) is 7.77. The van der Waals surface area contributed by atoms with E-state index in [-0.39, 0.29) is 0 Å². The highest BCUT2D eigenvalue weighted by molar-refractivity contribution is 7.78. The summed E-state index contributed by atoms with van der Waals surface area (Å²) in [6.07, 6.45) is 0. The molecule has 0 unspecified atom stereocenters. The summed E-state index contributed by atoms with van der Waals surface area (Å²) >= 11 is 0. The average Bonchev–Trinajstić information content (AvgIpc) is 2.73. The fourth-order valence-electron chi connectivity index (χ4n) is 2.97. The maximum absolute atomic E-state index is 14.2. The summed E-state index contributed by atoms with van der Waals surface area (Å²) in [6, 6.07) is 23.2. The maximum Gasteiger partial charge on any atom is 0.174 e. The molecule has 0 aromatic heterocycles. The number of methoxy groups -OCH3 is 2. The first-order valence-corrected chi connectivity index (χ1v) is 9.99. The quantitative estimate of drug-likeness (QED) is 0.674. The number of benzene rings is 3. The molecule has 0 bridgehead atoms. The van der Waals surface area contributed by atoms with E-state index >= 15 is 0 Å². The Morgan fingerprint density at radius 3 is 1.81 bits per heavy atom. The highest BCUT2D eigenvalue weighted by atomic mass is 31.2. The summed E-state index contributed by atoms with van der Waals surface area (Å²) in [5, 5.41) is 12.5. The zero-order chi connectivity index (χ0) is 18.6. The largest absolute Gasteiger partial charge is 0.497 e. The molecule has 0 saturated heterocycles. The fraction of sp³-hybridized carbons (Fsp3) is 0.143. The average molecular weight is 368 g/mol. The minimum atomic E-state index is -3.39. The van der Waals surface area contributed by atoms with Crippen molar-refractivity contribution in [2.45, 2.75) is 5.85 Å². The van der Waals surface area contributed by atoms with Crippen molar-refractivity contribution >= 4 is 17.8 Å². The molecule has 5 heteroatoms. The summed E-state index contributed by atoms with van der Waals surface area (Å²) in [7, 11) is -0.318. The fourth-order valence-corrected chi connectivity index (χ4v) is 5.65. The molecular formula is C21H21O4P. The van der Waals surface area contributed by atoms with Gasteiger partial charge in [-0.2, -0.15) is 0 Å². The summed E-state index contributed by atoms with van der Waals surface area (Å²) in [4.78, 5) is 0. The Morgan fingerprint density at radius 2 is 1.35 bits per heavy atom. The van der Waals surface area contributed by atoms with Gasteiger partial charge in [0, 0.05) is 16.2 Å². The van der Waals surface area contributed by atoms with Gasteiger partial charge >= 0.3 is 0 Å². The van der Waals surface area contributed by atoms with Crippen LogP contribution in [0, 0.1) is 0 Å². The number of ether oxygens (including phenoxy) is 2. The van der Waals surface area contributed by atoms with E-state index in [1.165, 1.54) is 7.11 Å². The number of rotatable bonds is 6. The minimum Gasteiger partial charge on any atom is -0.497 e. The molecule has 0 aliphatic carbocycles. The molecule has 134 valence electrons. The van der Waals surface area contributed by atoms with Crippen LogP contribution in [-0.2, 0) is 4.57 Å². The summed E-state index contributed by atoms with van der Waals surface area (Å²) in [5.74, 6) is -0.240. The monoisotopic (exact) mass is 368 g/mol. The molecule has 4 nitrogen and oxygen atoms in total. The van der Waals surface area contributed by atoms with Crippen molar-refractivity contribution in [1.29, 1.82) is 0 Å². The SMILES string of the molecule is COc1ccc(OC)c([C@H](O)P(=O)(c2ccccc2)c2ccccc2)c1. The Hall–Kier alpha value is -2.55. The van der Waals surface area contributed by atoms with Crippen LogP contribution in [-0.4, -0.2) is 19.3 Å². The first kappa shape index (κ1) is 18.2. The van der Waals surface area contributed by atoms with Gasteiger partial charge in [-0.3, -0.25) is 0 Å². The Labute approximate surface area is 153 Å². The number of hydrogen-bond donors (Lipinski definition) is 1. The Bertz CT molecular complexity index is 866. The van der Waals surface area contributed by atoms with Crippen LogP contribution in [0.25, 0.3) is 0 Å². The van der Waals surface area contributed by atoms with Gasteiger partial charge in [0.05, 0.1) is 14.2 Å². The van der Waals surface area contributed by atoms with Gasteiger partial charge in [0.1, 0.15) is 17.3 Å². The third kappa shape index (κ3) is 3.26. The predicted octanol–water partition coefficient (Wildman–Crippen LogP) is 3.71. The van der Waals surface area contributed by atoms with Crippen molar-refractivity contribution in [3.63, 3.8) is 0 Å². The third-order valence-corrected chi connectivity index (χ3v) is 7.44. The van der Waals surface area contributed by atoms with Crippen LogP contribution in [0.3, 0.4) is 0 Å². The van der Waals surface area contributed by atoms with Crippen molar-refractivity contribution in [2.24, 2.45) is 0 Å². The lowest BCUT2D eigenvalue weighted by Gasteiger charge is -2.26. The van der Waals surface area contributed by atoms with E-state index in [9.17, 15) is 9.67 Å². The first-order chi connectivity index (χ1) is 12.6. The highest BCUT2D eigenvalue weighted by Gasteiger charge is 2.38. The van der Waals surface area contributed by atoms with E-state index in [1.54, 1.807) is 49.6 Å². The van der Waals surface area contributed by atoms with Crippen molar-refractivity contribution in [2.75, 3.05) is 14.2 Å². The number of aliphatic hydroxyl groups excluding tert-OH is 1. The van der Waals surface area contributed by atoms with E-state index in [0.717, 1.165) is 0 Å². The van der Waals surface area contributed by atoms with Crippen molar-refractivity contribution in [3.8, 4) is 11.5 Å². The number of aliphatic hydroxyl groups is 1.